The van der Waals surface area contributed by atoms with E-state index in [9.17, 15) is 0 Å². The van der Waals surface area contributed by atoms with E-state index in [2.05, 4.69) is 20.8 Å². The predicted octanol–water partition coefficient (Wildman–Crippen LogP) is 3.64. The van der Waals surface area contributed by atoms with Gasteiger partial charge in [-0.2, -0.15) is 0 Å². The number of nitrogens with two attached hydrogens (primary N) is 1. The zero-order chi connectivity index (χ0) is 13.6. The second kappa shape index (κ2) is 4.43. The highest BCUT2D eigenvalue weighted by molar-refractivity contribution is 6.30. The van der Waals surface area contributed by atoms with Crippen molar-refractivity contribution in [3.63, 3.8) is 0 Å². The Morgan fingerprint density at radius 1 is 1.33 bits per heavy atom. The molecule has 0 atom stereocenters. The fraction of sp³-hybridized carbons (Fsp3) is 0.600. The van der Waals surface area contributed by atoms with Gasteiger partial charge in [0.1, 0.15) is 5.75 Å². The van der Waals surface area contributed by atoms with E-state index in [-0.39, 0.29) is 10.8 Å². The smallest absolute Gasteiger partial charge is 0.126 e. The molecule has 0 heterocycles. The molecule has 0 spiro atoms. The van der Waals surface area contributed by atoms with Crippen LogP contribution >= 0.6 is 11.6 Å². The Balaban J connectivity index is 2.63. The van der Waals surface area contributed by atoms with Gasteiger partial charge in [-0.1, -0.05) is 32.4 Å². The first-order valence-corrected chi connectivity index (χ1v) is 6.80. The molecule has 2 rings (SSSR count). The van der Waals surface area contributed by atoms with Crippen molar-refractivity contribution in [2.24, 2.45) is 5.73 Å². The molecule has 0 radical (unpaired) electrons. The molecule has 1 saturated carbocycles. The van der Waals surface area contributed by atoms with E-state index < -0.39 is 0 Å². The fourth-order valence-corrected chi connectivity index (χ4v) is 2.72. The highest BCUT2D eigenvalue weighted by Crippen LogP contribution is 2.53. The Kier molecular flexibility index (Phi) is 3.37. The van der Waals surface area contributed by atoms with Gasteiger partial charge in [0.15, 0.2) is 0 Å². The minimum Gasteiger partial charge on any atom is -0.496 e. The van der Waals surface area contributed by atoms with Crippen molar-refractivity contribution in [1.29, 1.82) is 0 Å². The summed E-state index contributed by atoms with van der Waals surface area (Å²) in [5.41, 5.74) is 8.38. The summed E-state index contributed by atoms with van der Waals surface area (Å²) in [6.07, 6.45) is 2.26. The van der Waals surface area contributed by atoms with Gasteiger partial charge < -0.3 is 10.5 Å². The summed E-state index contributed by atoms with van der Waals surface area (Å²) < 4.78 is 5.67. The van der Waals surface area contributed by atoms with Crippen molar-refractivity contribution in [1.82, 2.24) is 0 Å². The molecule has 1 aliphatic carbocycles. The van der Waals surface area contributed by atoms with Crippen LogP contribution in [0.25, 0.3) is 0 Å². The van der Waals surface area contributed by atoms with Crippen LogP contribution in [0.2, 0.25) is 5.02 Å². The lowest BCUT2D eigenvalue weighted by Crippen LogP contribution is -2.22. The normalized spacial score (nSPS) is 17.7. The average Bonchev–Trinajstić information content (AvgIpc) is 3.07. The van der Waals surface area contributed by atoms with Crippen LogP contribution in [-0.4, -0.2) is 13.7 Å². The Morgan fingerprint density at radius 3 is 2.33 bits per heavy atom. The molecule has 1 aromatic rings. The monoisotopic (exact) mass is 267 g/mol. The lowest BCUT2D eigenvalue weighted by atomic mass is 9.82. The largest absolute Gasteiger partial charge is 0.496 e. The number of halogens is 1. The molecule has 0 amide bonds. The highest BCUT2D eigenvalue weighted by atomic mass is 35.5. The Labute approximate surface area is 114 Å². The van der Waals surface area contributed by atoms with Gasteiger partial charge in [0.2, 0.25) is 0 Å². The maximum atomic E-state index is 6.28. The van der Waals surface area contributed by atoms with Gasteiger partial charge in [-0.15, -0.1) is 0 Å². The van der Waals surface area contributed by atoms with E-state index in [0.29, 0.717) is 6.54 Å². The van der Waals surface area contributed by atoms with E-state index >= 15 is 0 Å². The average molecular weight is 268 g/mol. The minimum atomic E-state index is 0.00960. The third kappa shape index (κ3) is 2.24. The summed E-state index contributed by atoms with van der Waals surface area (Å²) in [7, 11) is 1.73. The predicted molar refractivity (Wildman–Crippen MR) is 76.7 cm³/mol. The lowest BCUT2D eigenvalue weighted by Gasteiger charge is -2.27. The number of hydrogen-bond acceptors (Lipinski definition) is 2. The van der Waals surface area contributed by atoms with Crippen molar-refractivity contribution < 1.29 is 4.74 Å². The Morgan fingerprint density at radius 2 is 1.94 bits per heavy atom. The van der Waals surface area contributed by atoms with Crippen LogP contribution in [0.5, 0.6) is 5.75 Å². The van der Waals surface area contributed by atoms with E-state index in [1.54, 1.807) is 7.11 Å². The third-order valence-corrected chi connectivity index (χ3v) is 4.10. The first-order chi connectivity index (χ1) is 8.34. The zero-order valence-electron chi connectivity index (χ0n) is 11.6. The van der Waals surface area contributed by atoms with E-state index in [4.69, 9.17) is 22.1 Å². The topological polar surface area (TPSA) is 35.2 Å². The van der Waals surface area contributed by atoms with Crippen LogP contribution in [0.1, 0.15) is 44.7 Å². The SMILES string of the molecule is COc1c(C(C)(C)C)cc(Cl)cc1C1(CN)CC1. The van der Waals surface area contributed by atoms with Crippen LogP contribution in [0.4, 0.5) is 0 Å². The maximum absolute atomic E-state index is 6.28. The van der Waals surface area contributed by atoms with E-state index in [1.807, 2.05) is 12.1 Å². The number of benzene rings is 1. The third-order valence-electron chi connectivity index (χ3n) is 3.88. The van der Waals surface area contributed by atoms with E-state index in [1.165, 1.54) is 5.56 Å². The molecular weight excluding hydrogens is 246 g/mol. The van der Waals surface area contributed by atoms with Gasteiger partial charge in [0.25, 0.3) is 0 Å². The summed E-state index contributed by atoms with van der Waals surface area (Å²) >= 11 is 6.28. The highest BCUT2D eigenvalue weighted by Gasteiger charge is 2.46. The van der Waals surface area contributed by atoms with Crippen molar-refractivity contribution in [2.45, 2.75) is 44.4 Å². The van der Waals surface area contributed by atoms with Gasteiger partial charge >= 0.3 is 0 Å². The quantitative estimate of drug-likeness (QED) is 0.908. The lowest BCUT2D eigenvalue weighted by molar-refractivity contribution is 0.387. The standard InChI is InChI=1S/C15H22ClNO/c1-14(2,3)11-7-10(16)8-12(13(11)18-4)15(9-17)5-6-15/h7-8H,5-6,9,17H2,1-4H3. The summed E-state index contributed by atoms with van der Waals surface area (Å²) in [6.45, 7) is 7.18. The first kappa shape index (κ1) is 13.7. The number of methoxy groups -OCH3 is 1. The molecule has 18 heavy (non-hydrogen) atoms. The molecule has 0 bridgehead atoms. The minimum absolute atomic E-state index is 0.00960. The van der Waals surface area contributed by atoms with Crippen LogP contribution in [0, 0.1) is 0 Å². The van der Waals surface area contributed by atoms with Gasteiger partial charge in [0.05, 0.1) is 7.11 Å². The van der Waals surface area contributed by atoms with Crippen LogP contribution < -0.4 is 10.5 Å². The van der Waals surface area contributed by atoms with Gasteiger partial charge in [-0.05, 0) is 30.4 Å². The number of hydrogen-bond donors (Lipinski definition) is 1. The molecule has 3 heteroatoms. The van der Waals surface area contributed by atoms with Crippen molar-refractivity contribution in [3.05, 3.63) is 28.3 Å². The summed E-state index contributed by atoms with van der Waals surface area (Å²) in [5, 5.41) is 0.774. The molecule has 2 N–H and O–H groups in total. The molecule has 1 aromatic carbocycles. The van der Waals surface area contributed by atoms with Crippen LogP contribution in [0.3, 0.4) is 0 Å². The van der Waals surface area contributed by atoms with Crippen LogP contribution in [-0.2, 0) is 10.8 Å². The second-order valence-corrected chi connectivity index (χ2v) is 6.71. The van der Waals surface area contributed by atoms with Crippen molar-refractivity contribution in [2.75, 3.05) is 13.7 Å². The molecule has 2 nitrogen and oxygen atoms in total. The van der Waals surface area contributed by atoms with Gasteiger partial charge in [-0.25, -0.2) is 0 Å². The summed E-state index contributed by atoms with van der Waals surface area (Å²) in [6, 6.07) is 4.03. The molecule has 100 valence electrons. The fourth-order valence-electron chi connectivity index (χ4n) is 2.50. The zero-order valence-corrected chi connectivity index (χ0v) is 12.4. The Bertz CT molecular complexity index is 458. The van der Waals surface area contributed by atoms with Crippen molar-refractivity contribution in [3.8, 4) is 5.75 Å². The Hall–Kier alpha value is -0.730. The summed E-state index contributed by atoms with van der Waals surface area (Å²) in [5.74, 6) is 0.967. The first-order valence-electron chi connectivity index (χ1n) is 6.42. The molecular formula is C15H22ClNO. The molecule has 0 saturated heterocycles. The molecule has 1 fully saturated rings. The molecule has 0 aromatic heterocycles. The van der Waals surface area contributed by atoms with Gasteiger partial charge in [-0.3, -0.25) is 0 Å². The number of rotatable bonds is 3. The summed E-state index contributed by atoms with van der Waals surface area (Å²) in [4.78, 5) is 0. The van der Waals surface area contributed by atoms with Crippen molar-refractivity contribution >= 4 is 11.6 Å². The molecule has 1 aliphatic rings. The maximum Gasteiger partial charge on any atom is 0.126 e. The second-order valence-electron chi connectivity index (χ2n) is 6.27. The van der Waals surface area contributed by atoms with E-state index in [0.717, 1.165) is 29.2 Å². The van der Waals surface area contributed by atoms with Gasteiger partial charge in [0, 0.05) is 28.1 Å². The molecule has 0 aliphatic heterocycles. The molecule has 0 unspecified atom stereocenters. The number of ether oxygens (including phenoxy) is 1. The van der Waals surface area contributed by atoms with Crippen LogP contribution in [0.15, 0.2) is 12.1 Å².